The molecule has 0 aromatic rings. The van der Waals surface area contributed by atoms with Gasteiger partial charge in [0, 0.05) is 19.3 Å². The van der Waals surface area contributed by atoms with E-state index >= 15 is 0 Å². The van der Waals surface area contributed by atoms with E-state index in [1.165, 1.54) is 38.5 Å². The largest absolute Gasteiger partial charge is 0.462 e. The fourth-order valence-corrected chi connectivity index (χ4v) is 6.92. The number of carbonyl (C=O) groups is 3. The van der Waals surface area contributed by atoms with Crippen LogP contribution >= 0.6 is 0 Å². The van der Waals surface area contributed by atoms with Gasteiger partial charge in [0.2, 0.25) is 0 Å². The van der Waals surface area contributed by atoms with Crippen molar-refractivity contribution in [2.24, 2.45) is 0 Å². The second-order valence-corrected chi connectivity index (χ2v) is 17.8. The second kappa shape index (κ2) is 59.1. The first kappa shape index (κ1) is 67.5. The van der Waals surface area contributed by atoms with Gasteiger partial charge in [0.05, 0.1) is 0 Å². The summed E-state index contributed by atoms with van der Waals surface area (Å²) in [6.07, 6.45) is 88.9. The highest BCUT2D eigenvalue weighted by Crippen LogP contribution is 2.13. The summed E-state index contributed by atoms with van der Waals surface area (Å²) in [7, 11) is 0. The van der Waals surface area contributed by atoms with Crippen molar-refractivity contribution >= 4 is 17.9 Å². The lowest BCUT2D eigenvalue weighted by Gasteiger charge is -2.18. The Balaban J connectivity index is 4.63. The minimum Gasteiger partial charge on any atom is -0.462 e. The molecule has 0 fully saturated rings. The first-order valence-electron chi connectivity index (χ1n) is 28.4. The van der Waals surface area contributed by atoms with E-state index in [1.54, 1.807) is 0 Å². The van der Waals surface area contributed by atoms with Gasteiger partial charge in [-0.15, -0.1) is 0 Å². The Hall–Kier alpha value is -5.49. The van der Waals surface area contributed by atoms with E-state index in [0.717, 1.165) is 109 Å². The number of rotatable bonds is 48. The number of ether oxygens (including phenoxy) is 3. The van der Waals surface area contributed by atoms with Gasteiger partial charge in [0.1, 0.15) is 13.2 Å². The molecule has 0 aromatic carbocycles. The maximum absolute atomic E-state index is 12.9. The molecule has 0 aliphatic rings. The molecule has 6 heteroatoms. The summed E-state index contributed by atoms with van der Waals surface area (Å²) in [4.78, 5) is 38.2. The third-order valence-electron chi connectivity index (χ3n) is 11.1. The molecule has 73 heavy (non-hydrogen) atoms. The van der Waals surface area contributed by atoms with Crippen molar-refractivity contribution in [1.82, 2.24) is 0 Å². The third-order valence-corrected chi connectivity index (χ3v) is 11.1. The maximum Gasteiger partial charge on any atom is 0.306 e. The molecule has 6 nitrogen and oxygen atoms in total. The van der Waals surface area contributed by atoms with Gasteiger partial charge in [-0.05, 0) is 109 Å². The summed E-state index contributed by atoms with van der Waals surface area (Å²) in [6, 6.07) is 0. The summed E-state index contributed by atoms with van der Waals surface area (Å²) in [5, 5.41) is 0. The van der Waals surface area contributed by atoms with Crippen LogP contribution in [0.3, 0.4) is 0 Å². The summed E-state index contributed by atoms with van der Waals surface area (Å²) >= 11 is 0. The van der Waals surface area contributed by atoms with E-state index in [4.69, 9.17) is 14.2 Å². The van der Waals surface area contributed by atoms with Crippen LogP contribution < -0.4 is 0 Å². The Kier molecular flexibility index (Phi) is 54.6. The predicted molar refractivity (Wildman–Crippen MR) is 315 cm³/mol. The van der Waals surface area contributed by atoms with Crippen LogP contribution in [-0.4, -0.2) is 37.2 Å². The zero-order chi connectivity index (χ0) is 52.9. The molecule has 0 saturated carbocycles. The van der Waals surface area contributed by atoms with Crippen molar-refractivity contribution in [1.29, 1.82) is 0 Å². The Bertz CT molecular complexity index is 1770. The van der Waals surface area contributed by atoms with Crippen molar-refractivity contribution in [3.05, 3.63) is 182 Å². The molecule has 0 amide bonds. The monoisotopic (exact) mass is 1000 g/mol. The first-order valence-corrected chi connectivity index (χ1v) is 28.4. The lowest BCUT2D eigenvalue weighted by Crippen LogP contribution is -2.30. The fraction of sp³-hybridized carbons (Fsp3) is 0.507. The highest BCUT2D eigenvalue weighted by atomic mass is 16.6. The smallest absolute Gasteiger partial charge is 0.306 e. The SMILES string of the molecule is CC\C=C/C=C\C=C/C=C\C=C\C=C/CCCCCC(=O)OCC(COC(=O)CC/C=C\C/C=C\C/C=C\C/C=C\C/C=C\C/C=C\CC)OC(=O)CCCCCCCCCCC/C=C\C/C=C\C/C=C\CC. The van der Waals surface area contributed by atoms with E-state index in [9.17, 15) is 14.4 Å². The fourth-order valence-electron chi connectivity index (χ4n) is 6.92. The van der Waals surface area contributed by atoms with E-state index < -0.39 is 6.10 Å². The molecular formula is C67H100O6. The van der Waals surface area contributed by atoms with Gasteiger partial charge in [-0.2, -0.15) is 0 Å². The number of hydrogen-bond donors (Lipinski definition) is 0. The van der Waals surface area contributed by atoms with Crippen molar-refractivity contribution in [3.8, 4) is 0 Å². The number of allylic oxidation sites excluding steroid dienone is 30. The minimum absolute atomic E-state index is 0.137. The Morgan fingerprint density at radius 3 is 1.03 bits per heavy atom. The average Bonchev–Trinajstić information content (AvgIpc) is 3.39. The average molecular weight is 1000 g/mol. The highest BCUT2D eigenvalue weighted by Gasteiger charge is 2.19. The number of esters is 3. The van der Waals surface area contributed by atoms with Crippen molar-refractivity contribution in [2.45, 2.75) is 207 Å². The molecule has 0 spiro atoms. The zero-order valence-electron chi connectivity index (χ0n) is 46.1. The second-order valence-electron chi connectivity index (χ2n) is 17.8. The molecule has 0 bridgehead atoms. The number of carbonyl (C=O) groups excluding carboxylic acids is 3. The maximum atomic E-state index is 12.9. The van der Waals surface area contributed by atoms with Gasteiger partial charge in [0.25, 0.3) is 0 Å². The van der Waals surface area contributed by atoms with Crippen molar-refractivity contribution in [3.63, 3.8) is 0 Å². The van der Waals surface area contributed by atoms with E-state index in [0.29, 0.717) is 12.8 Å². The normalized spacial score (nSPS) is 13.5. The topological polar surface area (TPSA) is 78.9 Å². The number of hydrogen-bond acceptors (Lipinski definition) is 6. The van der Waals surface area contributed by atoms with E-state index in [1.807, 2.05) is 72.9 Å². The van der Waals surface area contributed by atoms with Crippen molar-refractivity contribution in [2.75, 3.05) is 13.2 Å². The molecule has 0 heterocycles. The van der Waals surface area contributed by atoms with Gasteiger partial charge >= 0.3 is 17.9 Å². The molecule has 1 atom stereocenters. The van der Waals surface area contributed by atoms with Crippen LogP contribution in [0, 0.1) is 0 Å². The molecule has 0 rings (SSSR count). The molecular weight excluding hydrogens is 901 g/mol. The van der Waals surface area contributed by atoms with Gasteiger partial charge in [0.15, 0.2) is 6.10 Å². The quantitative estimate of drug-likeness (QED) is 0.0199. The molecule has 0 aromatic heterocycles. The number of unbranched alkanes of at least 4 members (excludes halogenated alkanes) is 12. The van der Waals surface area contributed by atoms with Gasteiger partial charge < -0.3 is 14.2 Å². The third kappa shape index (κ3) is 57.3. The molecule has 0 saturated heterocycles. The lowest BCUT2D eigenvalue weighted by molar-refractivity contribution is -0.166. The van der Waals surface area contributed by atoms with E-state index in [2.05, 4.69) is 130 Å². The first-order chi connectivity index (χ1) is 36.0. The molecule has 404 valence electrons. The molecule has 0 radical (unpaired) electrons. The molecule has 0 N–H and O–H groups in total. The summed E-state index contributed by atoms with van der Waals surface area (Å²) in [5.41, 5.74) is 0. The van der Waals surface area contributed by atoms with Crippen LogP contribution in [-0.2, 0) is 28.6 Å². The lowest BCUT2D eigenvalue weighted by atomic mass is 10.1. The standard InChI is InChI=1S/C67H100O6/c1-4-7-10-13-16-19-22-25-28-31-33-36-39-42-45-48-51-54-57-60-66(69)72-63-64(62-71-65(68)59-56-53-50-47-44-41-38-35-30-27-24-21-18-15-12-9-6-3)73-67(70)61-58-55-52-49-46-43-40-37-34-32-29-26-23-20-17-14-11-8-5-2/h7-12,15-21,24-30,33,35-36,38,41-42,44-45,51,54,64H,4-6,13-14,22-23,31-32,34,37,39-40,43,46-50,52-53,55-63H2,1-3H3/b10-7-,11-8-,12-9-,18-15-,19-16-,20-17-,24-21-,28-25-,29-26-,30-27-,36-33-,38-35+,44-41-,45-42-,54-51-. The van der Waals surface area contributed by atoms with Crippen LogP contribution in [0.5, 0.6) is 0 Å². The van der Waals surface area contributed by atoms with Crippen LogP contribution in [0.1, 0.15) is 201 Å². The Morgan fingerprint density at radius 2 is 0.589 bits per heavy atom. The minimum atomic E-state index is -0.842. The van der Waals surface area contributed by atoms with Crippen LogP contribution in [0.2, 0.25) is 0 Å². The molecule has 1 unspecified atom stereocenters. The Morgan fingerprint density at radius 1 is 0.288 bits per heavy atom. The van der Waals surface area contributed by atoms with E-state index in [-0.39, 0.29) is 50.4 Å². The van der Waals surface area contributed by atoms with Crippen LogP contribution in [0.15, 0.2) is 182 Å². The predicted octanol–water partition coefficient (Wildman–Crippen LogP) is 19.3. The van der Waals surface area contributed by atoms with Crippen molar-refractivity contribution < 1.29 is 28.6 Å². The van der Waals surface area contributed by atoms with Crippen LogP contribution in [0.25, 0.3) is 0 Å². The molecule has 0 aliphatic carbocycles. The van der Waals surface area contributed by atoms with Gasteiger partial charge in [-0.1, -0.05) is 254 Å². The van der Waals surface area contributed by atoms with Crippen LogP contribution in [0.4, 0.5) is 0 Å². The summed E-state index contributed by atoms with van der Waals surface area (Å²) in [6.45, 7) is 6.14. The summed E-state index contributed by atoms with van der Waals surface area (Å²) in [5.74, 6) is -1.08. The van der Waals surface area contributed by atoms with Gasteiger partial charge in [-0.3, -0.25) is 14.4 Å². The summed E-state index contributed by atoms with van der Waals surface area (Å²) < 4.78 is 16.8. The highest BCUT2D eigenvalue weighted by molar-refractivity contribution is 5.71. The molecule has 0 aliphatic heterocycles. The Labute approximate surface area is 446 Å². The van der Waals surface area contributed by atoms with Gasteiger partial charge in [-0.25, -0.2) is 0 Å². The zero-order valence-corrected chi connectivity index (χ0v) is 46.1.